The van der Waals surface area contributed by atoms with Gasteiger partial charge in [-0.15, -0.1) is 0 Å². The van der Waals surface area contributed by atoms with Gasteiger partial charge in [-0.1, -0.05) is 24.3 Å². The molecule has 1 saturated carbocycles. The molecule has 2 bridgehead atoms. The molecule has 7 heteroatoms. The molecule has 2 fully saturated rings. The number of imide groups is 1. The zero-order chi connectivity index (χ0) is 20.8. The molecule has 0 radical (unpaired) electrons. The summed E-state index contributed by atoms with van der Waals surface area (Å²) < 4.78 is 19.5. The Morgan fingerprint density at radius 1 is 1.07 bits per heavy atom. The van der Waals surface area contributed by atoms with E-state index in [1.54, 1.807) is 30.3 Å². The highest BCUT2D eigenvalue weighted by atomic mass is 79.9. The van der Waals surface area contributed by atoms with E-state index >= 15 is 0 Å². The quantitative estimate of drug-likeness (QED) is 0.373. The van der Waals surface area contributed by atoms with Gasteiger partial charge in [0.2, 0.25) is 0 Å². The number of allylic oxidation sites excluding steroid dienone is 2. The molecule has 30 heavy (non-hydrogen) atoms. The molecule has 1 saturated heterocycles. The van der Waals surface area contributed by atoms with Gasteiger partial charge in [-0.05, 0) is 75.6 Å². The third kappa shape index (κ3) is 3.27. The van der Waals surface area contributed by atoms with E-state index in [1.165, 1.54) is 18.3 Å². The van der Waals surface area contributed by atoms with Crippen LogP contribution < -0.4 is 4.74 Å². The summed E-state index contributed by atoms with van der Waals surface area (Å²) in [6, 6.07) is 11.5. The van der Waals surface area contributed by atoms with E-state index < -0.39 is 0 Å². The number of hydrogen-bond acceptors (Lipinski definition) is 4. The van der Waals surface area contributed by atoms with Crippen LogP contribution in [0.15, 0.2) is 64.2 Å². The van der Waals surface area contributed by atoms with Crippen molar-refractivity contribution in [3.8, 4) is 5.75 Å². The van der Waals surface area contributed by atoms with Crippen molar-refractivity contribution in [3.05, 3.63) is 76.0 Å². The third-order valence-corrected chi connectivity index (χ3v) is 6.65. The minimum atomic E-state index is -0.286. The lowest BCUT2D eigenvalue weighted by Crippen LogP contribution is -2.28. The number of benzene rings is 2. The van der Waals surface area contributed by atoms with Crippen molar-refractivity contribution >= 4 is 34.0 Å². The SMILES string of the molecule is O=C1C2C3C=CC(C3)C2C(=O)N1N=Cc1ccc(OCc2ccc(F)cc2)c(Br)c1. The zero-order valence-corrected chi connectivity index (χ0v) is 17.5. The molecule has 2 aliphatic carbocycles. The predicted octanol–water partition coefficient (Wildman–Crippen LogP) is 4.31. The van der Waals surface area contributed by atoms with E-state index in [9.17, 15) is 14.0 Å². The number of carbonyl (C=O) groups excluding carboxylic acids is 2. The Kier molecular flexibility index (Phi) is 4.77. The van der Waals surface area contributed by atoms with Crippen molar-refractivity contribution < 1.29 is 18.7 Å². The summed E-state index contributed by atoms with van der Waals surface area (Å²) in [5.41, 5.74) is 1.59. The molecule has 0 spiro atoms. The first-order valence-corrected chi connectivity index (χ1v) is 10.6. The van der Waals surface area contributed by atoms with Gasteiger partial charge in [0, 0.05) is 0 Å². The van der Waals surface area contributed by atoms with Crippen LogP contribution in [0, 0.1) is 29.5 Å². The van der Waals surface area contributed by atoms with Crippen LogP contribution in [0.5, 0.6) is 5.75 Å². The van der Waals surface area contributed by atoms with E-state index in [0.717, 1.165) is 22.6 Å². The molecule has 4 unspecified atom stereocenters. The molecule has 5 rings (SSSR count). The van der Waals surface area contributed by atoms with Crippen LogP contribution in [0.25, 0.3) is 0 Å². The molecule has 2 aromatic carbocycles. The molecule has 152 valence electrons. The highest BCUT2D eigenvalue weighted by Crippen LogP contribution is 2.52. The van der Waals surface area contributed by atoms with Crippen molar-refractivity contribution in [2.24, 2.45) is 28.8 Å². The van der Waals surface area contributed by atoms with Gasteiger partial charge < -0.3 is 4.74 Å². The smallest absolute Gasteiger partial charge is 0.254 e. The number of rotatable bonds is 5. The zero-order valence-electron chi connectivity index (χ0n) is 15.9. The fourth-order valence-corrected chi connectivity index (χ4v) is 5.09. The fraction of sp³-hybridized carbons (Fsp3) is 0.261. The molecular weight excluding hydrogens is 451 g/mol. The number of fused-ring (bicyclic) bond motifs is 5. The summed E-state index contributed by atoms with van der Waals surface area (Å²) in [7, 11) is 0. The monoisotopic (exact) mass is 468 g/mol. The van der Waals surface area contributed by atoms with E-state index in [-0.39, 0.29) is 41.3 Å². The van der Waals surface area contributed by atoms with Crippen LogP contribution in [0.2, 0.25) is 0 Å². The lowest BCUT2D eigenvalue weighted by atomic mass is 9.85. The topological polar surface area (TPSA) is 59.0 Å². The Morgan fingerprint density at radius 2 is 1.73 bits per heavy atom. The first-order valence-electron chi connectivity index (χ1n) is 9.78. The number of amides is 2. The highest BCUT2D eigenvalue weighted by molar-refractivity contribution is 9.10. The third-order valence-electron chi connectivity index (χ3n) is 6.03. The second kappa shape index (κ2) is 7.47. The van der Waals surface area contributed by atoms with Gasteiger partial charge in [-0.3, -0.25) is 9.59 Å². The van der Waals surface area contributed by atoms with Gasteiger partial charge in [0.15, 0.2) is 0 Å². The lowest BCUT2D eigenvalue weighted by Gasteiger charge is -2.13. The van der Waals surface area contributed by atoms with Crippen LogP contribution in [0.4, 0.5) is 4.39 Å². The summed E-state index contributed by atoms with van der Waals surface area (Å²) in [6.07, 6.45) is 6.54. The van der Waals surface area contributed by atoms with Gasteiger partial charge in [-0.25, -0.2) is 4.39 Å². The van der Waals surface area contributed by atoms with Crippen LogP contribution in [-0.2, 0) is 16.2 Å². The number of hydrazone groups is 1. The summed E-state index contributed by atoms with van der Waals surface area (Å²) in [4.78, 5) is 25.4. The first-order chi connectivity index (χ1) is 14.5. The summed E-state index contributed by atoms with van der Waals surface area (Å²) in [6.45, 7) is 0.308. The Balaban J connectivity index is 1.26. The maximum Gasteiger partial charge on any atom is 0.254 e. The van der Waals surface area contributed by atoms with Crippen LogP contribution in [-0.4, -0.2) is 23.0 Å². The second-order valence-electron chi connectivity index (χ2n) is 7.84. The molecule has 4 atom stereocenters. The highest BCUT2D eigenvalue weighted by Gasteiger charge is 2.59. The molecule has 2 aromatic rings. The molecule has 1 aliphatic heterocycles. The van der Waals surface area contributed by atoms with Gasteiger partial charge >= 0.3 is 0 Å². The van der Waals surface area contributed by atoms with Gasteiger partial charge in [0.1, 0.15) is 18.2 Å². The summed E-state index contributed by atoms with van der Waals surface area (Å²) in [5, 5.41) is 5.23. The van der Waals surface area contributed by atoms with E-state index in [0.29, 0.717) is 16.8 Å². The van der Waals surface area contributed by atoms with Gasteiger partial charge in [0.05, 0.1) is 22.5 Å². The molecule has 2 amide bonds. The van der Waals surface area contributed by atoms with E-state index in [4.69, 9.17) is 4.74 Å². The average Bonchev–Trinajstić information content (AvgIpc) is 3.41. The molecule has 1 heterocycles. The van der Waals surface area contributed by atoms with E-state index in [2.05, 4.69) is 33.2 Å². The summed E-state index contributed by atoms with van der Waals surface area (Å²) >= 11 is 3.47. The Morgan fingerprint density at radius 3 is 2.37 bits per heavy atom. The van der Waals surface area contributed by atoms with Crippen molar-refractivity contribution in [3.63, 3.8) is 0 Å². The maximum atomic E-state index is 13.0. The molecule has 3 aliphatic rings. The van der Waals surface area contributed by atoms with Crippen molar-refractivity contribution in [1.82, 2.24) is 5.01 Å². The second-order valence-corrected chi connectivity index (χ2v) is 8.69. The van der Waals surface area contributed by atoms with Crippen molar-refractivity contribution in [2.45, 2.75) is 13.0 Å². The Bertz CT molecular complexity index is 1050. The molecular formula is C23H18BrFN2O3. The minimum Gasteiger partial charge on any atom is -0.488 e. The summed E-state index contributed by atoms with van der Waals surface area (Å²) in [5.74, 6) is -0.218. The number of ether oxygens (including phenoxy) is 1. The molecule has 5 nitrogen and oxygen atoms in total. The van der Waals surface area contributed by atoms with Crippen LogP contribution >= 0.6 is 15.9 Å². The number of nitrogens with zero attached hydrogens (tertiary/aromatic N) is 2. The minimum absolute atomic E-state index is 0.170. The Hall–Kier alpha value is -2.80. The predicted molar refractivity (Wildman–Crippen MR) is 112 cm³/mol. The van der Waals surface area contributed by atoms with Crippen molar-refractivity contribution in [1.29, 1.82) is 0 Å². The van der Waals surface area contributed by atoms with Crippen molar-refractivity contribution in [2.75, 3.05) is 0 Å². The standard InChI is InChI=1S/C23H18BrFN2O3/c24-18-9-14(3-8-19(18)30-12-13-1-6-17(25)7-2-13)11-26-27-22(28)20-15-4-5-16(10-15)21(20)23(27)29/h1-9,11,15-16,20-21H,10,12H2. The Labute approximate surface area is 181 Å². The molecule has 0 N–H and O–H groups in total. The first kappa shape index (κ1) is 19.2. The van der Waals surface area contributed by atoms with Crippen LogP contribution in [0.1, 0.15) is 17.5 Å². The number of carbonyl (C=O) groups is 2. The fourth-order valence-electron chi connectivity index (χ4n) is 4.58. The van der Waals surface area contributed by atoms with E-state index in [1.807, 2.05) is 0 Å². The molecule has 0 aromatic heterocycles. The lowest BCUT2D eigenvalue weighted by molar-refractivity contribution is -0.140. The average molecular weight is 469 g/mol. The van der Waals surface area contributed by atoms with Crippen LogP contribution in [0.3, 0.4) is 0 Å². The maximum absolute atomic E-state index is 13.0. The van der Waals surface area contributed by atoms with Gasteiger partial charge in [-0.2, -0.15) is 10.1 Å². The largest absolute Gasteiger partial charge is 0.488 e. The van der Waals surface area contributed by atoms with Gasteiger partial charge in [0.25, 0.3) is 11.8 Å². The normalized spacial score (nSPS) is 26.8. The number of halogens is 2. The number of hydrogen-bond donors (Lipinski definition) is 0.